The number of fused-ring (bicyclic) bond motifs is 6. The van der Waals surface area contributed by atoms with Crippen LogP contribution in [0, 0.1) is 0 Å². The maximum atomic E-state index is 13.7. The number of hydrogen-bond donors (Lipinski definition) is 3. The zero-order valence-corrected chi connectivity index (χ0v) is 21.6. The van der Waals surface area contributed by atoms with Crippen LogP contribution in [0.3, 0.4) is 0 Å². The highest BCUT2D eigenvalue weighted by atomic mass is 16.6. The molecule has 1 aliphatic carbocycles. The number of hydrogen-bond acceptors (Lipinski definition) is 6. The molecule has 0 unspecified atom stereocenters. The van der Waals surface area contributed by atoms with E-state index >= 15 is 0 Å². The van der Waals surface area contributed by atoms with E-state index in [2.05, 4.69) is 15.1 Å². The number of nitrogens with zero attached hydrogens (tertiary/aromatic N) is 1. The molecule has 1 fully saturated rings. The number of rotatable bonds is 2. The first-order valence-corrected chi connectivity index (χ1v) is 13.7. The van der Waals surface area contributed by atoms with E-state index in [0.717, 1.165) is 31.1 Å². The number of pyridine rings is 2. The first kappa shape index (κ1) is 23.2. The van der Waals surface area contributed by atoms with Crippen molar-refractivity contribution in [2.75, 3.05) is 13.2 Å². The van der Waals surface area contributed by atoms with Gasteiger partial charge in [-0.25, -0.2) is 0 Å². The minimum atomic E-state index is -0.371. The third kappa shape index (κ3) is 3.45. The summed E-state index contributed by atoms with van der Waals surface area (Å²) in [7, 11) is 0. The van der Waals surface area contributed by atoms with Gasteiger partial charge in [-0.05, 0) is 37.1 Å². The van der Waals surface area contributed by atoms with Gasteiger partial charge in [0.25, 0.3) is 11.1 Å². The Morgan fingerprint density at radius 3 is 2.40 bits per heavy atom. The molecular weight excluding hydrogens is 512 g/mol. The number of benzene rings is 2. The summed E-state index contributed by atoms with van der Waals surface area (Å²) in [6.45, 7) is 0.879. The Balaban J connectivity index is 1.48. The average Bonchev–Trinajstić information content (AvgIpc) is 3.33. The van der Waals surface area contributed by atoms with Crippen molar-refractivity contribution in [1.82, 2.24) is 19.7 Å². The molecular formula is C30H26N4O6. The highest BCUT2D eigenvalue weighted by Gasteiger charge is 2.26. The van der Waals surface area contributed by atoms with Gasteiger partial charge >= 0.3 is 0 Å². The summed E-state index contributed by atoms with van der Waals surface area (Å²) < 4.78 is 19.6. The second kappa shape index (κ2) is 8.64. The number of aromatic amines is 3. The van der Waals surface area contributed by atoms with Crippen LogP contribution in [-0.2, 0) is 0 Å². The van der Waals surface area contributed by atoms with Gasteiger partial charge in [-0.3, -0.25) is 24.2 Å². The van der Waals surface area contributed by atoms with E-state index in [1.54, 1.807) is 18.2 Å². The minimum Gasteiger partial charge on any atom is -0.486 e. The Labute approximate surface area is 225 Å². The second-order valence-corrected chi connectivity index (χ2v) is 10.7. The number of furan rings is 1. The van der Waals surface area contributed by atoms with Gasteiger partial charge in [-0.2, -0.15) is 0 Å². The molecule has 4 aromatic heterocycles. The highest BCUT2D eigenvalue weighted by molar-refractivity contribution is 6.14. The SMILES string of the molecule is O=c1ccc2c(c1)oc1c(-c3cc4cc5c(cc4[nH]c3=O)OCCO5)c3c(=O)[nH]n(C4CCCCCC4)c3[nH]c12. The van der Waals surface area contributed by atoms with Gasteiger partial charge in [-0.15, -0.1) is 0 Å². The predicted octanol–water partition coefficient (Wildman–Crippen LogP) is 5.09. The van der Waals surface area contributed by atoms with Crippen LogP contribution in [0.1, 0.15) is 44.6 Å². The predicted molar refractivity (Wildman–Crippen MR) is 152 cm³/mol. The van der Waals surface area contributed by atoms with Crippen molar-refractivity contribution in [2.45, 2.75) is 44.6 Å². The van der Waals surface area contributed by atoms with Crippen molar-refractivity contribution in [3.8, 4) is 22.6 Å². The molecule has 10 nitrogen and oxygen atoms in total. The van der Waals surface area contributed by atoms with Gasteiger partial charge in [0.15, 0.2) is 22.5 Å². The van der Waals surface area contributed by atoms with Crippen LogP contribution in [0.5, 0.6) is 11.5 Å². The van der Waals surface area contributed by atoms with Gasteiger partial charge in [0.2, 0.25) is 0 Å². The molecule has 40 heavy (non-hydrogen) atoms. The summed E-state index contributed by atoms with van der Waals surface area (Å²) in [6.07, 6.45) is 6.43. The van der Waals surface area contributed by atoms with E-state index in [-0.39, 0.29) is 22.6 Å². The molecule has 0 atom stereocenters. The quantitative estimate of drug-likeness (QED) is 0.263. The van der Waals surface area contributed by atoms with Gasteiger partial charge in [-0.1, -0.05) is 25.7 Å². The smallest absolute Gasteiger partial charge is 0.274 e. The Morgan fingerprint density at radius 2 is 1.60 bits per heavy atom. The fourth-order valence-electron chi connectivity index (χ4n) is 6.39. The van der Waals surface area contributed by atoms with E-state index in [1.807, 2.05) is 10.7 Å². The number of ether oxygens (including phenoxy) is 2. The Hall–Kier alpha value is -4.73. The summed E-state index contributed by atoms with van der Waals surface area (Å²) in [6, 6.07) is 10.1. The molecule has 0 amide bonds. The number of aromatic nitrogens is 4. The summed E-state index contributed by atoms with van der Waals surface area (Å²) in [5.41, 5.74) is 2.38. The first-order valence-electron chi connectivity index (χ1n) is 13.7. The molecule has 0 bridgehead atoms. The van der Waals surface area contributed by atoms with Gasteiger partial charge in [0.1, 0.15) is 24.4 Å². The lowest BCUT2D eigenvalue weighted by atomic mass is 10.0. The van der Waals surface area contributed by atoms with Crippen LogP contribution < -0.4 is 26.0 Å². The lowest BCUT2D eigenvalue weighted by Gasteiger charge is -2.19. The normalized spacial score (nSPS) is 16.3. The second-order valence-electron chi connectivity index (χ2n) is 10.7. The van der Waals surface area contributed by atoms with Gasteiger partial charge < -0.3 is 23.9 Å². The highest BCUT2D eigenvalue weighted by Crippen LogP contribution is 2.40. The van der Waals surface area contributed by atoms with Gasteiger partial charge in [0, 0.05) is 28.5 Å². The Kier molecular flexibility index (Phi) is 5.01. The van der Waals surface area contributed by atoms with Crippen LogP contribution in [0.25, 0.3) is 55.1 Å². The third-order valence-corrected chi connectivity index (χ3v) is 8.27. The van der Waals surface area contributed by atoms with Crippen molar-refractivity contribution in [1.29, 1.82) is 0 Å². The van der Waals surface area contributed by atoms with Crippen LogP contribution in [0.15, 0.2) is 55.2 Å². The average molecular weight is 539 g/mol. The lowest BCUT2D eigenvalue weighted by Crippen LogP contribution is -2.16. The molecule has 0 saturated heterocycles. The summed E-state index contributed by atoms with van der Waals surface area (Å²) in [4.78, 5) is 45.9. The molecule has 1 saturated carbocycles. The van der Waals surface area contributed by atoms with Crippen LogP contribution >= 0.6 is 0 Å². The van der Waals surface area contributed by atoms with Crippen LogP contribution in [0.4, 0.5) is 0 Å². The molecule has 8 rings (SSSR count). The van der Waals surface area contributed by atoms with E-state index in [0.29, 0.717) is 74.5 Å². The standard InChI is InChI=1S/C30H26N4O6/c35-17-7-8-18-21(13-17)40-27-24(19-11-15-12-22-23(39-10-9-38-22)14-20(15)31-29(19)36)25-28(32-26(18)27)34(33-30(25)37)16-5-3-1-2-4-6-16/h7-8,11-14,16,32H,1-6,9-10H2,(H,31,36)(H,33,37). The summed E-state index contributed by atoms with van der Waals surface area (Å²) >= 11 is 0. The van der Waals surface area contributed by atoms with E-state index in [4.69, 9.17) is 13.9 Å². The topological polar surface area (TPSA) is 135 Å². The molecule has 6 aromatic rings. The zero-order chi connectivity index (χ0) is 27.0. The summed E-state index contributed by atoms with van der Waals surface area (Å²) in [5, 5.41) is 4.85. The molecule has 0 spiro atoms. The monoisotopic (exact) mass is 538 g/mol. The molecule has 0 radical (unpaired) electrons. The summed E-state index contributed by atoms with van der Waals surface area (Å²) in [5.74, 6) is 1.17. The van der Waals surface area contributed by atoms with E-state index < -0.39 is 0 Å². The number of H-pyrrole nitrogens is 3. The third-order valence-electron chi connectivity index (χ3n) is 8.27. The van der Waals surface area contributed by atoms with E-state index in [9.17, 15) is 14.4 Å². The molecule has 202 valence electrons. The van der Waals surface area contributed by atoms with Crippen molar-refractivity contribution in [3.63, 3.8) is 0 Å². The van der Waals surface area contributed by atoms with Crippen molar-refractivity contribution >= 4 is 44.0 Å². The largest absolute Gasteiger partial charge is 0.486 e. The minimum absolute atomic E-state index is 0.124. The molecule has 2 aromatic carbocycles. The maximum Gasteiger partial charge on any atom is 0.274 e. The number of nitrogens with one attached hydrogen (secondary N) is 3. The van der Waals surface area contributed by atoms with Crippen molar-refractivity contribution in [2.24, 2.45) is 0 Å². The maximum absolute atomic E-state index is 13.7. The van der Waals surface area contributed by atoms with Crippen LogP contribution in [-0.4, -0.2) is 33.0 Å². The van der Waals surface area contributed by atoms with Crippen LogP contribution in [0.2, 0.25) is 0 Å². The molecule has 1 aliphatic heterocycles. The molecule has 3 N–H and O–H groups in total. The molecule has 5 heterocycles. The van der Waals surface area contributed by atoms with Crippen molar-refractivity contribution < 1.29 is 13.9 Å². The Morgan fingerprint density at radius 1 is 0.825 bits per heavy atom. The lowest BCUT2D eigenvalue weighted by molar-refractivity contribution is 0.172. The fourth-order valence-corrected chi connectivity index (χ4v) is 6.39. The zero-order valence-electron chi connectivity index (χ0n) is 21.6. The fraction of sp³-hybridized carbons (Fsp3) is 0.300. The van der Waals surface area contributed by atoms with E-state index in [1.165, 1.54) is 25.0 Å². The van der Waals surface area contributed by atoms with Crippen molar-refractivity contribution in [3.05, 3.63) is 67.3 Å². The Bertz CT molecular complexity index is 2150. The van der Waals surface area contributed by atoms with Gasteiger partial charge in [0.05, 0.1) is 28.0 Å². The molecule has 10 heteroatoms. The first-order chi connectivity index (χ1) is 19.5. The molecule has 2 aliphatic rings.